The zero-order valence-corrected chi connectivity index (χ0v) is 16.0. The Hall–Kier alpha value is -2.82. The molecule has 11 heteroatoms. The van der Waals surface area contributed by atoms with Gasteiger partial charge in [0.25, 0.3) is 0 Å². The van der Waals surface area contributed by atoms with E-state index in [1.165, 1.54) is 13.3 Å². The van der Waals surface area contributed by atoms with Gasteiger partial charge in [-0.3, -0.25) is 19.5 Å². The summed E-state index contributed by atoms with van der Waals surface area (Å²) < 4.78 is 12.0. The average Bonchev–Trinajstić information content (AvgIpc) is 3.27. The maximum atomic E-state index is 12.1. The van der Waals surface area contributed by atoms with Crippen molar-refractivity contribution in [3.05, 3.63) is 30.0 Å². The van der Waals surface area contributed by atoms with Crippen LogP contribution in [0.15, 0.2) is 28.0 Å². The van der Waals surface area contributed by atoms with Crippen molar-refractivity contribution in [2.75, 3.05) is 13.7 Å². The molecular formula is C16H21N5O5S. The standard InChI is InChI=1S/C16H21N5O5S/c1-4-25-13(22)8-12-19-20-16(21(12)9-11-6-5-7-26-11)27-10(2)14(23)18-15(24)17-3/h5-7,10H,4,8-9H2,1-3H3,(H2,17,18,23,24). The number of ether oxygens (including phenoxy) is 1. The van der Waals surface area contributed by atoms with Gasteiger partial charge in [0.15, 0.2) is 5.16 Å². The molecular weight excluding hydrogens is 374 g/mol. The van der Waals surface area contributed by atoms with Crippen LogP contribution in [0.25, 0.3) is 0 Å². The van der Waals surface area contributed by atoms with Gasteiger partial charge in [0.05, 0.1) is 24.7 Å². The topological polar surface area (TPSA) is 128 Å². The molecule has 2 N–H and O–H groups in total. The molecule has 10 nitrogen and oxygen atoms in total. The lowest BCUT2D eigenvalue weighted by molar-refractivity contribution is -0.142. The van der Waals surface area contributed by atoms with Gasteiger partial charge in [-0.1, -0.05) is 11.8 Å². The van der Waals surface area contributed by atoms with E-state index in [0.29, 0.717) is 23.3 Å². The number of imide groups is 1. The molecule has 1 unspecified atom stereocenters. The number of carbonyl (C=O) groups excluding carboxylic acids is 3. The second-order valence-corrected chi connectivity index (χ2v) is 6.68. The molecule has 27 heavy (non-hydrogen) atoms. The number of aromatic nitrogens is 3. The number of esters is 1. The number of nitrogens with zero attached hydrogens (tertiary/aromatic N) is 3. The van der Waals surface area contributed by atoms with Crippen LogP contribution in [0.1, 0.15) is 25.4 Å². The number of amides is 3. The van der Waals surface area contributed by atoms with E-state index in [-0.39, 0.29) is 13.0 Å². The van der Waals surface area contributed by atoms with E-state index in [2.05, 4.69) is 20.8 Å². The van der Waals surface area contributed by atoms with Crippen molar-refractivity contribution >= 4 is 29.7 Å². The van der Waals surface area contributed by atoms with Crippen LogP contribution in [0.4, 0.5) is 4.79 Å². The van der Waals surface area contributed by atoms with E-state index >= 15 is 0 Å². The van der Waals surface area contributed by atoms with E-state index in [1.54, 1.807) is 30.5 Å². The molecule has 2 aromatic heterocycles. The molecule has 0 radical (unpaired) electrons. The zero-order valence-electron chi connectivity index (χ0n) is 15.2. The first kappa shape index (κ1) is 20.5. The number of thioether (sulfide) groups is 1. The summed E-state index contributed by atoms with van der Waals surface area (Å²) in [6.45, 7) is 3.92. The fraction of sp³-hybridized carbons (Fsp3) is 0.438. The highest BCUT2D eigenvalue weighted by molar-refractivity contribution is 8.00. The summed E-state index contributed by atoms with van der Waals surface area (Å²) in [4.78, 5) is 35.2. The minimum Gasteiger partial charge on any atom is -0.467 e. The second kappa shape index (κ2) is 9.76. The van der Waals surface area contributed by atoms with E-state index in [4.69, 9.17) is 9.15 Å². The van der Waals surface area contributed by atoms with Crippen molar-refractivity contribution in [3.8, 4) is 0 Å². The highest BCUT2D eigenvalue weighted by atomic mass is 32.2. The van der Waals surface area contributed by atoms with Crippen molar-refractivity contribution in [1.29, 1.82) is 0 Å². The Morgan fingerprint density at radius 3 is 2.78 bits per heavy atom. The summed E-state index contributed by atoms with van der Waals surface area (Å²) in [6, 6.07) is 2.94. The predicted octanol–water partition coefficient (Wildman–Crippen LogP) is 0.961. The molecule has 1 atom stereocenters. The maximum absolute atomic E-state index is 12.1. The Balaban J connectivity index is 2.18. The number of hydrogen-bond acceptors (Lipinski definition) is 8. The van der Waals surface area contributed by atoms with Crippen LogP contribution in [0.2, 0.25) is 0 Å². The normalized spacial score (nSPS) is 11.7. The van der Waals surface area contributed by atoms with E-state index < -0.39 is 23.2 Å². The van der Waals surface area contributed by atoms with Crippen molar-refractivity contribution < 1.29 is 23.5 Å². The molecule has 2 heterocycles. The highest BCUT2D eigenvalue weighted by Gasteiger charge is 2.23. The molecule has 0 aromatic carbocycles. The largest absolute Gasteiger partial charge is 0.467 e. The van der Waals surface area contributed by atoms with Gasteiger partial charge in [-0.15, -0.1) is 10.2 Å². The van der Waals surface area contributed by atoms with Gasteiger partial charge in [-0.2, -0.15) is 0 Å². The van der Waals surface area contributed by atoms with E-state index in [0.717, 1.165) is 11.8 Å². The van der Waals surface area contributed by atoms with Gasteiger partial charge < -0.3 is 14.5 Å². The third-order valence-electron chi connectivity index (χ3n) is 3.41. The van der Waals surface area contributed by atoms with Gasteiger partial charge in [0.2, 0.25) is 5.91 Å². The quantitative estimate of drug-likeness (QED) is 0.500. The fourth-order valence-electron chi connectivity index (χ4n) is 2.08. The molecule has 0 spiro atoms. The van der Waals surface area contributed by atoms with Crippen LogP contribution in [0.3, 0.4) is 0 Å². The molecule has 0 aliphatic rings. The van der Waals surface area contributed by atoms with Crippen LogP contribution >= 0.6 is 11.8 Å². The second-order valence-electron chi connectivity index (χ2n) is 5.37. The van der Waals surface area contributed by atoms with E-state index in [9.17, 15) is 14.4 Å². The third-order valence-corrected chi connectivity index (χ3v) is 4.49. The number of urea groups is 1. The number of carbonyl (C=O) groups is 3. The lowest BCUT2D eigenvalue weighted by atomic mass is 10.4. The van der Waals surface area contributed by atoms with Gasteiger partial charge in [-0.25, -0.2) is 4.79 Å². The van der Waals surface area contributed by atoms with Gasteiger partial charge in [0.1, 0.15) is 18.0 Å². The number of hydrogen-bond donors (Lipinski definition) is 2. The SMILES string of the molecule is CCOC(=O)Cc1nnc(SC(C)C(=O)NC(=O)NC)n1Cc1ccco1. The first-order chi connectivity index (χ1) is 12.9. The van der Waals surface area contributed by atoms with Crippen molar-refractivity contribution in [2.45, 2.75) is 37.2 Å². The Morgan fingerprint density at radius 2 is 2.15 bits per heavy atom. The molecule has 0 fully saturated rings. The zero-order chi connectivity index (χ0) is 19.8. The van der Waals surface area contributed by atoms with E-state index in [1.807, 2.05) is 0 Å². The van der Waals surface area contributed by atoms with Crippen molar-refractivity contribution in [3.63, 3.8) is 0 Å². The molecule has 0 aliphatic heterocycles. The molecule has 146 valence electrons. The van der Waals surface area contributed by atoms with Crippen molar-refractivity contribution in [2.24, 2.45) is 0 Å². The summed E-state index contributed by atoms with van der Waals surface area (Å²) in [5.41, 5.74) is 0. The smallest absolute Gasteiger partial charge is 0.321 e. The van der Waals surface area contributed by atoms with Gasteiger partial charge >= 0.3 is 12.0 Å². The summed E-state index contributed by atoms with van der Waals surface area (Å²) in [5, 5.41) is 12.5. The molecule has 2 aromatic rings. The summed E-state index contributed by atoms with van der Waals surface area (Å²) in [6.07, 6.45) is 1.48. The predicted molar refractivity (Wildman–Crippen MR) is 96.1 cm³/mol. The van der Waals surface area contributed by atoms with Crippen LogP contribution in [-0.4, -0.2) is 51.6 Å². The summed E-state index contributed by atoms with van der Waals surface area (Å²) in [5.74, 6) is 0.141. The number of rotatable bonds is 8. The van der Waals surface area contributed by atoms with Crippen LogP contribution < -0.4 is 10.6 Å². The molecule has 3 amide bonds. The molecule has 0 saturated heterocycles. The van der Waals surface area contributed by atoms with Gasteiger partial charge in [0, 0.05) is 7.05 Å². The first-order valence-corrected chi connectivity index (χ1v) is 9.11. The van der Waals surface area contributed by atoms with Gasteiger partial charge in [-0.05, 0) is 26.0 Å². The van der Waals surface area contributed by atoms with Crippen LogP contribution in [-0.2, 0) is 27.3 Å². The fourth-order valence-corrected chi connectivity index (χ4v) is 2.95. The summed E-state index contributed by atoms with van der Waals surface area (Å²) in [7, 11) is 1.42. The van der Waals surface area contributed by atoms with Crippen molar-refractivity contribution in [1.82, 2.24) is 25.4 Å². The minimum atomic E-state index is -0.614. The minimum absolute atomic E-state index is 0.0546. The molecule has 2 rings (SSSR count). The maximum Gasteiger partial charge on any atom is 0.321 e. The van der Waals surface area contributed by atoms with Crippen LogP contribution in [0, 0.1) is 0 Å². The first-order valence-electron chi connectivity index (χ1n) is 8.23. The number of furan rings is 1. The lowest BCUT2D eigenvalue weighted by Crippen LogP contribution is -2.41. The monoisotopic (exact) mass is 395 g/mol. The molecule has 0 aliphatic carbocycles. The number of nitrogens with one attached hydrogen (secondary N) is 2. The average molecular weight is 395 g/mol. The Labute approximate surface area is 160 Å². The third kappa shape index (κ3) is 5.84. The summed E-state index contributed by atoms with van der Waals surface area (Å²) >= 11 is 1.12. The highest BCUT2D eigenvalue weighted by Crippen LogP contribution is 2.24. The van der Waals surface area contributed by atoms with Crippen LogP contribution in [0.5, 0.6) is 0 Å². The Kier molecular flexibility index (Phi) is 7.41. The molecule has 0 bridgehead atoms. The molecule has 0 saturated carbocycles. The Morgan fingerprint density at radius 1 is 1.37 bits per heavy atom. The Bertz CT molecular complexity index is 789. The lowest BCUT2D eigenvalue weighted by Gasteiger charge is -2.12.